The van der Waals surface area contributed by atoms with Crippen molar-refractivity contribution >= 4 is 6.03 Å². The quantitative estimate of drug-likeness (QED) is 0.945. The van der Waals surface area contributed by atoms with Gasteiger partial charge in [-0.1, -0.05) is 6.07 Å². The molecule has 5 nitrogen and oxygen atoms in total. The van der Waals surface area contributed by atoms with Gasteiger partial charge in [0.2, 0.25) is 0 Å². The van der Waals surface area contributed by atoms with Crippen LogP contribution in [0.5, 0.6) is 0 Å². The number of nitrogens with one attached hydrogen (secondary N) is 1. The molecule has 122 valence electrons. The van der Waals surface area contributed by atoms with Crippen LogP contribution in [-0.2, 0) is 7.05 Å². The third kappa shape index (κ3) is 3.18. The van der Waals surface area contributed by atoms with Crippen molar-refractivity contribution in [1.82, 2.24) is 19.8 Å². The molecule has 0 unspecified atom stereocenters. The summed E-state index contributed by atoms with van der Waals surface area (Å²) >= 11 is 0. The zero-order chi connectivity index (χ0) is 16.4. The van der Waals surface area contributed by atoms with E-state index in [2.05, 4.69) is 10.3 Å². The molecule has 1 aliphatic heterocycles. The van der Waals surface area contributed by atoms with Crippen molar-refractivity contribution in [3.05, 3.63) is 53.6 Å². The Morgan fingerprint density at radius 3 is 2.61 bits per heavy atom. The summed E-state index contributed by atoms with van der Waals surface area (Å²) in [6.07, 6.45) is 5.30. The van der Waals surface area contributed by atoms with E-state index in [1.807, 2.05) is 0 Å². The average Bonchev–Trinajstić information content (AvgIpc) is 3.19. The number of rotatable bonds is 3. The molecule has 1 fully saturated rings. The van der Waals surface area contributed by atoms with E-state index in [1.54, 1.807) is 28.9 Å². The number of amides is 2. The second-order valence-electron chi connectivity index (χ2n) is 5.65. The van der Waals surface area contributed by atoms with Crippen LogP contribution in [0.3, 0.4) is 0 Å². The Balaban J connectivity index is 1.91. The van der Waals surface area contributed by atoms with Crippen LogP contribution >= 0.6 is 0 Å². The van der Waals surface area contributed by atoms with Crippen molar-refractivity contribution in [2.45, 2.75) is 18.9 Å². The summed E-state index contributed by atoms with van der Waals surface area (Å²) in [6, 6.07) is 2.75. The lowest BCUT2D eigenvalue weighted by Gasteiger charge is -2.23. The Morgan fingerprint density at radius 2 is 2.00 bits per heavy atom. The fraction of sp³-hybridized carbons (Fsp3) is 0.375. The molecule has 1 aromatic heterocycles. The zero-order valence-electron chi connectivity index (χ0n) is 12.8. The van der Waals surface area contributed by atoms with Gasteiger partial charge in [0, 0.05) is 32.5 Å². The monoisotopic (exact) mass is 320 g/mol. The second kappa shape index (κ2) is 6.36. The summed E-state index contributed by atoms with van der Waals surface area (Å²) in [6.45, 7) is 1.41. The maximum Gasteiger partial charge on any atom is 0.318 e. The smallest absolute Gasteiger partial charge is 0.318 e. The highest BCUT2D eigenvalue weighted by Gasteiger charge is 2.25. The highest BCUT2D eigenvalue weighted by atomic mass is 19.2. The number of aryl methyl sites for hydroxylation is 1. The molecule has 0 spiro atoms. The van der Waals surface area contributed by atoms with Gasteiger partial charge >= 0.3 is 6.03 Å². The maximum absolute atomic E-state index is 13.6. The topological polar surface area (TPSA) is 50.2 Å². The summed E-state index contributed by atoms with van der Waals surface area (Å²) in [4.78, 5) is 18.4. The van der Waals surface area contributed by atoms with Crippen LogP contribution in [0.25, 0.3) is 0 Å². The van der Waals surface area contributed by atoms with Gasteiger partial charge in [0.05, 0.1) is 0 Å². The van der Waals surface area contributed by atoms with E-state index in [0.29, 0.717) is 24.5 Å². The molecule has 0 bridgehead atoms. The van der Waals surface area contributed by atoms with E-state index < -0.39 is 17.7 Å². The Hall–Kier alpha value is -2.44. The minimum atomic E-state index is -0.947. The predicted octanol–water partition coefficient (Wildman–Crippen LogP) is 2.59. The minimum absolute atomic E-state index is 0.222. The third-order valence-corrected chi connectivity index (χ3v) is 4.05. The molecule has 0 saturated carbocycles. The highest BCUT2D eigenvalue weighted by molar-refractivity contribution is 5.75. The molecule has 2 heterocycles. The van der Waals surface area contributed by atoms with Crippen LogP contribution < -0.4 is 5.32 Å². The molecule has 1 aromatic carbocycles. The number of likely N-dealkylation sites (tertiary alicyclic amines) is 1. The summed E-state index contributed by atoms with van der Waals surface area (Å²) in [5.74, 6) is -1.31. The van der Waals surface area contributed by atoms with Gasteiger partial charge in [-0.2, -0.15) is 0 Å². The lowest BCUT2D eigenvalue weighted by atomic mass is 10.1. The lowest BCUT2D eigenvalue weighted by molar-refractivity contribution is 0.205. The molecule has 1 N–H and O–H groups in total. The predicted molar refractivity (Wildman–Crippen MR) is 80.7 cm³/mol. The molecule has 7 heteroatoms. The summed E-state index contributed by atoms with van der Waals surface area (Å²) < 4.78 is 28.5. The third-order valence-electron chi connectivity index (χ3n) is 4.05. The number of aromatic nitrogens is 2. The van der Waals surface area contributed by atoms with Crippen molar-refractivity contribution in [1.29, 1.82) is 0 Å². The highest BCUT2D eigenvalue weighted by Crippen LogP contribution is 2.23. The molecule has 1 saturated heterocycles. The van der Waals surface area contributed by atoms with E-state index in [-0.39, 0.29) is 6.03 Å². The molecule has 2 amide bonds. The first-order chi connectivity index (χ1) is 11.1. The van der Waals surface area contributed by atoms with Gasteiger partial charge in [-0.25, -0.2) is 18.6 Å². The first kappa shape index (κ1) is 15.5. The van der Waals surface area contributed by atoms with Crippen molar-refractivity contribution in [3.63, 3.8) is 0 Å². The van der Waals surface area contributed by atoms with Gasteiger partial charge in [-0.15, -0.1) is 0 Å². The summed E-state index contributed by atoms with van der Waals surface area (Å²) in [5, 5.41) is 2.88. The number of hydrogen-bond donors (Lipinski definition) is 1. The van der Waals surface area contributed by atoms with Gasteiger partial charge in [-0.3, -0.25) is 0 Å². The number of halogens is 2. The Kier molecular flexibility index (Phi) is 4.27. The van der Waals surface area contributed by atoms with Gasteiger partial charge in [0.25, 0.3) is 0 Å². The Labute approximate surface area is 132 Å². The van der Waals surface area contributed by atoms with E-state index in [0.717, 1.165) is 25.0 Å². The first-order valence-corrected chi connectivity index (χ1v) is 7.54. The van der Waals surface area contributed by atoms with Gasteiger partial charge in [0.15, 0.2) is 11.6 Å². The number of carbonyl (C=O) groups is 1. The number of urea groups is 1. The minimum Gasteiger partial charge on any atom is -0.336 e. The molecule has 0 radical (unpaired) electrons. The number of nitrogens with zero attached hydrogens (tertiary/aromatic N) is 3. The van der Waals surface area contributed by atoms with Crippen molar-refractivity contribution in [2.24, 2.45) is 7.05 Å². The van der Waals surface area contributed by atoms with Crippen molar-refractivity contribution in [2.75, 3.05) is 13.1 Å². The number of benzene rings is 1. The number of imidazole rings is 1. The van der Waals surface area contributed by atoms with E-state index >= 15 is 0 Å². The maximum atomic E-state index is 13.6. The summed E-state index contributed by atoms with van der Waals surface area (Å²) in [7, 11) is 1.79. The zero-order valence-corrected chi connectivity index (χ0v) is 12.8. The van der Waals surface area contributed by atoms with Gasteiger partial charge in [-0.05, 0) is 30.5 Å². The SMILES string of the molecule is Cn1ccnc1[C@H](NC(=O)N1CCCC1)c1ccc(F)c(F)c1. The summed E-state index contributed by atoms with van der Waals surface area (Å²) in [5.41, 5.74) is 0.450. The van der Waals surface area contributed by atoms with Crippen LogP contribution in [0.2, 0.25) is 0 Å². The molecule has 1 atom stereocenters. The Morgan fingerprint density at radius 1 is 1.26 bits per heavy atom. The van der Waals surface area contributed by atoms with Crippen LogP contribution in [0.1, 0.15) is 30.3 Å². The van der Waals surface area contributed by atoms with Crippen molar-refractivity contribution in [3.8, 4) is 0 Å². The fourth-order valence-corrected chi connectivity index (χ4v) is 2.78. The number of carbonyl (C=O) groups excluding carboxylic acids is 1. The van der Waals surface area contributed by atoms with E-state index in [9.17, 15) is 13.6 Å². The normalized spacial score (nSPS) is 15.7. The van der Waals surface area contributed by atoms with Crippen LogP contribution in [0, 0.1) is 11.6 Å². The fourth-order valence-electron chi connectivity index (χ4n) is 2.78. The van der Waals surface area contributed by atoms with Crippen molar-refractivity contribution < 1.29 is 13.6 Å². The molecule has 2 aromatic rings. The molecular formula is C16H18F2N4O. The van der Waals surface area contributed by atoms with Crippen LogP contribution in [-0.4, -0.2) is 33.6 Å². The standard InChI is InChI=1S/C16H18F2N4O/c1-21-9-6-19-15(21)14(11-4-5-12(17)13(18)10-11)20-16(23)22-7-2-3-8-22/h4-6,9-10,14H,2-3,7-8H2,1H3,(H,20,23)/t14-/m1/s1. The van der Waals surface area contributed by atoms with E-state index in [1.165, 1.54) is 6.07 Å². The average molecular weight is 320 g/mol. The largest absolute Gasteiger partial charge is 0.336 e. The van der Waals surface area contributed by atoms with Gasteiger partial charge < -0.3 is 14.8 Å². The Bertz CT molecular complexity index is 710. The van der Waals surface area contributed by atoms with Gasteiger partial charge in [0.1, 0.15) is 11.9 Å². The molecule has 3 rings (SSSR count). The van der Waals surface area contributed by atoms with E-state index in [4.69, 9.17) is 0 Å². The van der Waals surface area contributed by atoms with Crippen LogP contribution in [0.4, 0.5) is 13.6 Å². The number of hydrogen-bond acceptors (Lipinski definition) is 2. The first-order valence-electron chi connectivity index (χ1n) is 7.54. The molecule has 1 aliphatic rings. The molecule has 0 aliphatic carbocycles. The lowest BCUT2D eigenvalue weighted by Crippen LogP contribution is -2.41. The van der Waals surface area contributed by atoms with Crippen LogP contribution in [0.15, 0.2) is 30.6 Å². The molecule has 23 heavy (non-hydrogen) atoms. The molecular weight excluding hydrogens is 302 g/mol. The second-order valence-corrected chi connectivity index (χ2v) is 5.65.